The van der Waals surface area contributed by atoms with E-state index in [0.717, 1.165) is 5.56 Å². The summed E-state index contributed by atoms with van der Waals surface area (Å²) >= 11 is 0. The lowest BCUT2D eigenvalue weighted by molar-refractivity contribution is -0.384. The first-order chi connectivity index (χ1) is 10.1. The number of anilines is 1. The van der Waals surface area contributed by atoms with E-state index in [-0.39, 0.29) is 5.69 Å². The SMILES string of the molecule is O=[N+]([O-])c1cccc(CNc2noc3cc(F)ccc23)c1. The standard InChI is InChI=1S/C14H10FN3O3/c15-10-4-5-12-13(7-10)21-17-14(12)16-8-9-2-1-3-11(6-9)18(19)20/h1-7H,8H2,(H,16,17). The molecule has 0 saturated carbocycles. The minimum atomic E-state index is -0.447. The van der Waals surface area contributed by atoms with Gasteiger partial charge in [0.15, 0.2) is 11.4 Å². The fourth-order valence-electron chi connectivity index (χ4n) is 2.00. The maximum Gasteiger partial charge on any atom is 0.269 e. The van der Waals surface area contributed by atoms with E-state index in [4.69, 9.17) is 4.52 Å². The summed E-state index contributed by atoms with van der Waals surface area (Å²) in [5.41, 5.74) is 1.11. The molecule has 0 unspecified atom stereocenters. The molecule has 0 spiro atoms. The second-order valence-electron chi connectivity index (χ2n) is 4.45. The Morgan fingerprint density at radius 1 is 1.29 bits per heavy atom. The number of nitro benzene ring substituents is 1. The van der Waals surface area contributed by atoms with Gasteiger partial charge in [0.25, 0.3) is 5.69 Å². The Balaban J connectivity index is 1.80. The van der Waals surface area contributed by atoms with E-state index in [0.29, 0.717) is 23.3 Å². The van der Waals surface area contributed by atoms with Gasteiger partial charge in [0.1, 0.15) is 5.82 Å². The third-order valence-corrected chi connectivity index (χ3v) is 3.02. The van der Waals surface area contributed by atoms with Crippen molar-refractivity contribution in [3.8, 4) is 0 Å². The van der Waals surface area contributed by atoms with Gasteiger partial charge in [-0.15, -0.1) is 0 Å². The molecule has 1 aromatic heterocycles. The zero-order valence-corrected chi connectivity index (χ0v) is 10.7. The average Bonchev–Trinajstić information content (AvgIpc) is 2.87. The fraction of sp³-hybridized carbons (Fsp3) is 0.0714. The first-order valence-electron chi connectivity index (χ1n) is 6.15. The largest absolute Gasteiger partial charge is 0.363 e. The first-order valence-corrected chi connectivity index (χ1v) is 6.15. The fourth-order valence-corrected chi connectivity index (χ4v) is 2.00. The minimum Gasteiger partial charge on any atom is -0.363 e. The Labute approximate surface area is 118 Å². The summed E-state index contributed by atoms with van der Waals surface area (Å²) in [5.74, 6) is 0.0698. The summed E-state index contributed by atoms with van der Waals surface area (Å²) in [5, 5.41) is 18.2. The molecule has 0 fully saturated rings. The van der Waals surface area contributed by atoms with E-state index in [1.165, 1.54) is 24.3 Å². The molecule has 0 amide bonds. The smallest absolute Gasteiger partial charge is 0.269 e. The summed E-state index contributed by atoms with van der Waals surface area (Å²) in [6, 6.07) is 10.4. The summed E-state index contributed by atoms with van der Waals surface area (Å²) in [7, 11) is 0. The Bertz CT molecular complexity index is 816. The molecule has 21 heavy (non-hydrogen) atoms. The van der Waals surface area contributed by atoms with Gasteiger partial charge in [0, 0.05) is 24.7 Å². The zero-order chi connectivity index (χ0) is 14.8. The number of rotatable bonds is 4. The first kappa shape index (κ1) is 13.0. The van der Waals surface area contributed by atoms with Crippen molar-refractivity contribution < 1.29 is 13.8 Å². The predicted molar refractivity (Wildman–Crippen MR) is 74.4 cm³/mol. The van der Waals surface area contributed by atoms with Crippen LogP contribution in [0.15, 0.2) is 47.0 Å². The lowest BCUT2D eigenvalue weighted by Crippen LogP contribution is -2.00. The summed E-state index contributed by atoms with van der Waals surface area (Å²) < 4.78 is 18.1. The lowest BCUT2D eigenvalue weighted by atomic mass is 10.2. The van der Waals surface area contributed by atoms with Crippen molar-refractivity contribution >= 4 is 22.5 Å². The summed E-state index contributed by atoms with van der Waals surface area (Å²) in [6.07, 6.45) is 0. The van der Waals surface area contributed by atoms with Crippen LogP contribution in [0, 0.1) is 15.9 Å². The number of nitrogens with one attached hydrogen (secondary N) is 1. The number of hydrogen-bond acceptors (Lipinski definition) is 5. The van der Waals surface area contributed by atoms with E-state index >= 15 is 0 Å². The zero-order valence-electron chi connectivity index (χ0n) is 10.7. The van der Waals surface area contributed by atoms with Crippen LogP contribution in [0.2, 0.25) is 0 Å². The van der Waals surface area contributed by atoms with Crippen molar-refractivity contribution in [2.75, 3.05) is 5.32 Å². The maximum absolute atomic E-state index is 13.0. The topological polar surface area (TPSA) is 81.2 Å². The second kappa shape index (κ2) is 5.20. The van der Waals surface area contributed by atoms with Gasteiger partial charge in [-0.1, -0.05) is 17.3 Å². The van der Waals surface area contributed by atoms with Crippen LogP contribution in [-0.2, 0) is 6.54 Å². The highest BCUT2D eigenvalue weighted by atomic mass is 19.1. The van der Waals surface area contributed by atoms with Crippen LogP contribution >= 0.6 is 0 Å². The highest BCUT2D eigenvalue weighted by Crippen LogP contribution is 2.24. The number of hydrogen-bond donors (Lipinski definition) is 1. The third kappa shape index (κ3) is 2.66. The number of benzene rings is 2. The summed E-state index contributed by atoms with van der Waals surface area (Å²) in [6.45, 7) is 0.348. The quantitative estimate of drug-likeness (QED) is 0.586. The predicted octanol–water partition coefficient (Wildman–Crippen LogP) is 3.49. The number of fused-ring (bicyclic) bond motifs is 1. The highest BCUT2D eigenvalue weighted by Gasteiger charge is 2.10. The maximum atomic E-state index is 13.0. The molecule has 0 bridgehead atoms. The van der Waals surface area contributed by atoms with Gasteiger partial charge >= 0.3 is 0 Å². The van der Waals surface area contributed by atoms with Gasteiger partial charge in [-0.05, 0) is 17.7 Å². The Hall–Kier alpha value is -2.96. The molecule has 0 saturated heterocycles. The van der Waals surface area contributed by atoms with Crippen molar-refractivity contribution in [3.63, 3.8) is 0 Å². The van der Waals surface area contributed by atoms with Crippen molar-refractivity contribution in [3.05, 3.63) is 64.0 Å². The van der Waals surface area contributed by atoms with Crippen LogP contribution in [0.5, 0.6) is 0 Å². The van der Waals surface area contributed by atoms with E-state index in [2.05, 4.69) is 10.5 Å². The van der Waals surface area contributed by atoms with Crippen molar-refractivity contribution in [2.45, 2.75) is 6.54 Å². The van der Waals surface area contributed by atoms with Crippen LogP contribution < -0.4 is 5.32 Å². The monoisotopic (exact) mass is 287 g/mol. The second-order valence-corrected chi connectivity index (χ2v) is 4.45. The molecule has 0 atom stereocenters. The minimum absolute atomic E-state index is 0.0291. The van der Waals surface area contributed by atoms with Gasteiger partial charge in [-0.25, -0.2) is 4.39 Å². The van der Waals surface area contributed by atoms with Crippen LogP contribution in [0.3, 0.4) is 0 Å². The Kier molecular flexibility index (Phi) is 3.23. The number of nitro groups is 1. The number of aromatic nitrogens is 1. The van der Waals surface area contributed by atoms with E-state index < -0.39 is 10.7 Å². The van der Waals surface area contributed by atoms with Crippen molar-refractivity contribution in [1.82, 2.24) is 5.16 Å². The molecule has 6 nitrogen and oxygen atoms in total. The average molecular weight is 287 g/mol. The molecule has 3 aromatic rings. The van der Waals surface area contributed by atoms with Crippen LogP contribution in [-0.4, -0.2) is 10.1 Å². The molecule has 3 rings (SSSR count). The van der Waals surface area contributed by atoms with Gasteiger partial charge in [0.05, 0.1) is 10.3 Å². The molecule has 0 aliphatic carbocycles. The number of halogens is 1. The van der Waals surface area contributed by atoms with E-state index in [1.807, 2.05) is 0 Å². The normalized spacial score (nSPS) is 10.7. The number of non-ortho nitro benzene ring substituents is 1. The van der Waals surface area contributed by atoms with E-state index in [9.17, 15) is 14.5 Å². The summed E-state index contributed by atoms with van der Waals surface area (Å²) in [4.78, 5) is 10.3. The van der Waals surface area contributed by atoms with Crippen LogP contribution in [0.1, 0.15) is 5.56 Å². The van der Waals surface area contributed by atoms with Gasteiger partial charge in [-0.2, -0.15) is 0 Å². The molecule has 0 aliphatic rings. The molecule has 1 N–H and O–H groups in total. The Morgan fingerprint density at radius 2 is 2.14 bits per heavy atom. The van der Waals surface area contributed by atoms with E-state index in [1.54, 1.807) is 18.2 Å². The molecule has 106 valence electrons. The molecular formula is C14H10FN3O3. The van der Waals surface area contributed by atoms with Crippen LogP contribution in [0.25, 0.3) is 11.0 Å². The highest BCUT2D eigenvalue weighted by molar-refractivity contribution is 5.87. The molecule has 7 heteroatoms. The molecule has 0 aliphatic heterocycles. The molecule has 2 aromatic carbocycles. The molecule has 1 heterocycles. The Morgan fingerprint density at radius 3 is 2.95 bits per heavy atom. The van der Waals surface area contributed by atoms with Crippen molar-refractivity contribution in [2.24, 2.45) is 0 Å². The van der Waals surface area contributed by atoms with Crippen LogP contribution in [0.4, 0.5) is 15.9 Å². The van der Waals surface area contributed by atoms with Gasteiger partial charge in [-0.3, -0.25) is 10.1 Å². The third-order valence-electron chi connectivity index (χ3n) is 3.02. The van der Waals surface area contributed by atoms with Gasteiger partial charge < -0.3 is 9.84 Å². The molecular weight excluding hydrogens is 277 g/mol. The molecule has 0 radical (unpaired) electrons. The van der Waals surface area contributed by atoms with Crippen molar-refractivity contribution in [1.29, 1.82) is 0 Å². The number of nitrogens with zero attached hydrogens (tertiary/aromatic N) is 2. The lowest BCUT2D eigenvalue weighted by Gasteiger charge is -2.03. The van der Waals surface area contributed by atoms with Gasteiger partial charge in [0.2, 0.25) is 0 Å².